The molecule has 35 heavy (non-hydrogen) atoms. The van der Waals surface area contributed by atoms with Gasteiger partial charge in [-0.25, -0.2) is 8.42 Å². The van der Waals surface area contributed by atoms with Gasteiger partial charge >= 0.3 is 5.97 Å². The smallest absolute Gasteiger partial charge is 0.304 e. The second-order valence-corrected chi connectivity index (χ2v) is 13.0. The van der Waals surface area contributed by atoms with Crippen molar-refractivity contribution < 1.29 is 23.1 Å². The van der Waals surface area contributed by atoms with Crippen LogP contribution in [-0.4, -0.2) is 42.9 Å². The zero-order chi connectivity index (χ0) is 26.0. The van der Waals surface area contributed by atoms with Gasteiger partial charge in [-0.05, 0) is 61.6 Å². The molecule has 0 aromatic heterocycles. The van der Waals surface area contributed by atoms with E-state index < -0.39 is 38.4 Å². The van der Waals surface area contributed by atoms with Crippen LogP contribution in [0.2, 0.25) is 10.0 Å². The van der Waals surface area contributed by atoms with Crippen molar-refractivity contribution in [3.05, 3.63) is 69.7 Å². The molecule has 5 atom stereocenters. The molecule has 0 aliphatic carbocycles. The molecule has 2 aromatic rings. The fourth-order valence-electron chi connectivity index (χ4n) is 5.16. The molecule has 2 aromatic carbocycles. The zero-order valence-corrected chi connectivity index (χ0v) is 22.3. The van der Waals surface area contributed by atoms with Crippen LogP contribution in [0.15, 0.2) is 48.5 Å². The van der Waals surface area contributed by atoms with Gasteiger partial charge in [-0.2, -0.15) is 0 Å². The van der Waals surface area contributed by atoms with Crippen LogP contribution in [0.3, 0.4) is 0 Å². The van der Waals surface area contributed by atoms with E-state index >= 15 is 0 Å². The third-order valence-corrected chi connectivity index (χ3v) is 9.76. The van der Waals surface area contributed by atoms with Crippen molar-refractivity contribution in [1.29, 1.82) is 0 Å². The van der Waals surface area contributed by atoms with Crippen LogP contribution in [-0.2, 0) is 25.8 Å². The van der Waals surface area contributed by atoms with E-state index in [-0.39, 0.29) is 24.7 Å². The maximum absolute atomic E-state index is 13.1. The number of carboxylic acid groups (broad SMARTS) is 1. The number of nitrogens with one attached hydrogen (secondary N) is 1. The van der Waals surface area contributed by atoms with E-state index in [0.29, 0.717) is 22.9 Å². The number of hydrogen-bond acceptors (Lipinski definition) is 4. The van der Waals surface area contributed by atoms with E-state index in [1.54, 1.807) is 31.2 Å². The standard InChI is InChI=1S/C26H31Cl2NO5S/c1-16(35(3,33)34)26(2,12-11-17-7-9-20(27)10-8-17)24-22(18-5-4-6-21(28)13-18)14-19(15-23(30)31)25(32)29-24/h4-10,13,16,19,22,24H,11-12,14-15H2,1-3H3,(H,29,32)(H,30,31). The molecule has 1 saturated heterocycles. The largest absolute Gasteiger partial charge is 0.481 e. The Morgan fingerprint density at radius 2 is 1.83 bits per heavy atom. The number of halogens is 2. The Bertz CT molecular complexity index is 1180. The molecule has 0 bridgehead atoms. The Morgan fingerprint density at radius 3 is 2.40 bits per heavy atom. The molecule has 1 fully saturated rings. The van der Waals surface area contributed by atoms with Crippen LogP contribution in [0.1, 0.15) is 50.2 Å². The third-order valence-electron chi connectivity index (χ3n) is 7.45. The zero-order valence-electron chi connectivity index (χ0n) is 20.0. The molecule has 9 heteroatoms. The number of aliphatic carboxylic acids is 1. The maximum Gasteiger partial charge on any atom is 0.304 e. The normalized spacial score (nSPS) is 23.2. The Balaban J connectivity index is 2.06. The molecule has 0 spiro atoms. The predicted molar refractivity (Wildman–Crippen MR) is 139 cm³/mol. The Kier molecular flexibility index (Phi) is 8.56. The summed E-state index contributed by atoms with van der Waals surface area (Å²) >= 11 is 12.3. The second-order valence-electron chi connectivity index (χ2n) is 9.78. The molecule has 0 radical (unpaired) electrons. The fourth-order valence-corrected chi connectivity index (χ4v) is 6.73. The van der Waals surface area contributed by atoms with Gasteiger partial charge in [-0.1, -0.05) is 54.4 Å². The molecule has 5 unspecified atom stereocenters. The molecule has 0 saturated carbocycles. The first kappa shape index (κ1) is 27.5. The number of carbonyl (C=O) groups excluding carboxylic acids is 1. The van der Waals surface area contributed by atoms with Gasteiger partial charge in [0.2, 0.25) is 5.91 Å². The van der Waals surface area contributed by atoms with E-state index in [2.05, 4.69) is 5.32 Å². The fraction of sp³-hybridized carbons (Fsp3) is 0.462. The van der Waals surface area contributed by atoms with Gasteiger partial charge in [0.1, 0.15) is 0 Å². The van der Waals surface area contributed by atoms with E-state index in [0.717, 1.165) is 11.1 Å². The van der Waals surface area contributed by atoms with Crippen LogP contribution in [0.25, 0.3) is 0 Å². The summed E-state index contributed by atoms with van der Waals surface area (Å²) in [5.41, 5.74) is 0.993. The summed E-state index contributed by atoms with van der Waals surface area (Å²) in [7, 11) is -3.48. The number of benzene rings is 2. The first-order chi connectivity index (χ1) is 16.3. The molecule has 1 heterocycles. The minimum atomic E-state index is -3.48. The van der Waals surface area contributed by atoms with E-state index in [1.165, 1.54) is 6.26 Å². The second kappa shape index (κ2) is 10.9. The highest BCUT2D eigenvalue weighted by Crippen LogP contribution is 2.46. The summed E-state index contributed by atoms with van der Waals surface area (Å²) in [5, 5.41) is 12.8. The summed E-state index contributed by atoms with van der Waals surface area (Å²) < 4.78 is 25.7. The molecule has 190 valence electrons. The molecule has 6 nitrogen and oxygen atoms in total. The first-order valence-electron chi connectivity index (χ1n) is 11.5. The van der Waals surface area contributed by atoms with Crippen molar-refractivity contribution in [2.24, 2.45) is 11.3 Å². The molecule has 1 amide bonds. The number of hydrogen-bond donors (Lipinski definition) is 2. The third kappa shape index (κ3) is 6.57. The first-order valence-corrected chi connectivity index (χ1v) is 14.2. The Hall–Kier alpha value is -2.09. The molecule has 1 aliphatic rings. The van der Waals surface area contributed by atoms with Crippen LogP contribution >= 0.6 is 23.2 Å². The van der Waals surface area contributed by atoms with Gasteiger partial charge in [0.25, 0.3) is 0 Å². The van der Waals surface area contributed by atoms with Gasteiger partial charge in [-0.15, -0.1) is 0 Å². The highest BCUT2D eigenvalue weighted by molar-refractivity contribution is 7.91. The molecule has 2 N–H and O–H groups in total. The number of carbonyl (C=O) groups is 2. The van der Waals surface area contributed by atoms with Crippen LogP contribution in [0, 0.1) is 11.3 Å². The lowest BCUT2D eigenvalue weighted by molar-refractivity contribution is -0.143. The van der Waals surface area contributed by atoms with Crippen molar-refractivity contribution in [1.82, 2.24) is 5.32 Å². The lowest BCUT2D eigenvalue weighted by Gasteiger charge is -2.49. The van der Waals surface area contributed by atoms with Crippen LogP contribution in [0.5, 0.6) is 0 Å². The summed E-state index contributed by atoms with van der Waals surface area (Å²) in [5.74, 6) is -2.45. The topological polar surface area (TPSA) is 101 Å². The average Bonchev–Trinajstić information content (AvgIpc) is 2.78. The molecular weight excluding hydrogens is 509 g/mol. The minimum absolute atomic E-state index is 0.288. The van der Waals surface area contributed by atoms with Gasteiger partial charge in [0.15, 0.2) is 9.84 Å². The summed E-state index contributed by atoms with van der Waals surface area (Å²) in [4.78, 5) is 24.5. The quantitative estimate of drug-likeness (QED) is 0.460. The summed E-state index contributed by atoms with van der Waals surface area (Å²) in [6.07, 6.45) is 2.27. The minimum Gasteiger partial charge on any atom is -0.481 e. The molecule has 3 rings (SSSR count). The van der Waals surface area contributed by atoms with Gasteiger partial charge in [-0.3, -0.25) is 9.59 Å². The summed E-state index contributed by atoms with van der Waals surface area (Å²) in [6.45, 7) is 3.58. The highest BCUT2D eigenvalue weighted by atomic mass is 35.5. The maximum atomic E-state index is 13.1. The lowest BCUT2D eigenvalue weighted by Crippen LogP contribution is -2.60. The number of rotatable bonds is 9. The Morgan fingerprint density at radius 1 is 1.17 bits per heavy atom. The van der Waals surface area contributed by atoms with Crippen molar-refractivity contribution in [2.45, 2.75) is 56.7 Å². The van der Waals surface area contributed by atoms with Gasteiger partial charge in [0.05, 0.1) is 11.7 Å². The van der Waals surface area contributed by atoms with Crippen LogP contribution < -0.4 is 5.32 Å². The molecule has 1 aliphatic heterocycles. The van der Waals surface area contributed by atoms with Crippen molar-refractivity contribution >= 4 is 44.9 Å². The monoisotopic (exact) mass is 539 g/mol. The molecular formula is C26H31Cl2NO5S. The summed E-state index contributed by atoms with van der Waals surface area (Å²) in [6, 6.07) is 14.1. The number of piperidine rings is 1. The van der Waals surface area contributed by atoms with Gasteiger partial charge in [0, 0.05) is 39.6 Å². The SMILES string of the molecule is CC(C(C)(CCc1ccc(Cl)cc1)C1NC(=O)C(CC(=O)O)CC1c1cccc(Cl)c1)S(C)(=O)=O. The van der Waals surface area contributed by atoms with Crippen LogP contribution in [0.4, 0.5) is 0 Å². The average molecular weight is 541 g/mol. The van der Waals surface area contributed by atoms with Crippen molar-refractivity contribution in [3.63, 3.8) is 0 Å². The lowest BCUT2D eigenvalue weighted by atomic mass is 9.64. The number of sulfone groups is 1. The number of amides is 1. The van der Waals surface area contributed by atoms with Crippen molar-refractivity contribution in [3.8, 4) is 0 Å². The van der Waals surface area contributed by atoms with Crippen molar-refractivity contribution in [2.75, 3.05) is 6.26 Å². The number of aryl methyl sites for hydroxylation is 1. The van der Waals surface area contributed by atoms with E-state index in [9.17, 15) is 23.1 Å². The van der Waals surface area contributed by atoms with E-state index in [1.807, 2.05) is 31.2 Å². The highest BCUT2D eigenvalue weighted by Gasteiger charge is 2.51. The Labute approximate surface area is 216 Å². The van der Waals surface area contributed by atoms with Gasteiger partial charge < -0.3 is 10.4 Å². The number of carboxylic acids is 1. The van der Waals surface area contributed by atoms with E-state index in [4.69, 9.17) is 23.2 Å². The predicted octanol–water partition coefficient (Wildman–Crippen LogP) is 5.13.